The molecule has 0 aliphatic carbocycles. The third kappa shape index (κ3) is 3.44. The van der Waals surface area contributed by atoms with E-state index in [1.807, 2.05) is 12.3 Å². The van der Waals surface area contributed by atoms with Gasteiger partial charge in [0.1, 0.15) is 0 Å². The lowest BCUT2D eigenvalue weighted by Crippen LogP contribution is -2.49. The van der Waals surface area contributed by atoms with Crippen LogP contribution in [0.1, 0.15) is 32.6 Å². The van der Waals surface area contributed by atoms with E-state index in [4.69, 9.17) is 5.73 Å². The van der Waals surface area contributed by atoms with Crippen molar-refractivity contribution in [2.24, 2.45) is 10.8 Å². The van der Waals surface area contributed by atoms with Crippen molar-refractivity contribution in [3.63, 3.8) is 0 Å². The van der Waals surface area contributed by atoms with Crippen molar-refractivity contribution in [2.45, 2.75) is 38.1 Å². The summed E-state index contributed by atoms with van der Waals surface area (Å²) in [6.45, 7) is 2.03. The number of imide groups is 1. The molecule has 1 saturated heterocycles. The van der Waals surface area contributed by atoms with Crippen LogP contribution >= 0.6 is 0 Å². The quantitative estimate of drug-likeness (QED) is 0.227. The molecular formula is C10H17N5O3. The third-order valence-corrected chi connectivity index (χ3v) is 2.60. The molecule has 1 unspecified atom stereocenters. The van der Waals surface area contributed by atoms with E-state index in [0.717, 1.165) is 19.3 Å². The van der Waals surface area contributed by atoms with Gasteiger partial charge in [0.15, 0.2) is 5.54 Å². The van der Waals surface area contributed by atoms with Gasteiger partial charge in [-0.05, 0) is 6.42 Å². The van der Waals surface area contributed by atoms with Crippen molar-refractivity contribution >= 4 is 24.2 Å². The SMILES string of the molecule is CCCCCC1(C=NNC(N)=O)NC(=O)NC1=O. The molecule has 1 aliphatic rings. The van der Waals surface area contributed by atoms with Crippen molar-refractivity contribution in [1.82, 2.24) is 16.1 Å². The van der Waals surface area contributed by atoms with Crippen LogP contribution in [0.3, 0.4) is 0 Å². The topological polar surface area (TPSA) is 126 Å². The first-order valence-corrected chi connectivity index (χ1v) is 5.73. The Labute approximate surface area is 104 Å². The van der Waals surface area contributed by atoms with E-state index < -0.39 is 23.5 Å². The van der Waals surface area contributed by atoms with Crippen LogP contribution in [0.4, 0.5) is 9.59 Å². The number of unbranched alkanes of at least 4 members (excludes halogenated alkanes) is 2. The minimum absolute atomic E-state index is 0.419. The van der Waals surface area contributed by atoms with Gasteiger partial charge in [-0.25, -0.2) is 15.0 Å². The van der Waals surface area contributed by atoms with Gasteiger partial charge in [0.25, 0.3) is 5.91 Å². The summed E-state index contributed by atoms with van der Waals surface area (Å²) in [4.78, 5) is 33.4. The van der Waals surface area contributed by atoms with Crippen molar-refractivity contribution in [3.05, 3.63) is 0 Å². The number of hydrogen-bond donors (Lipinski definition) is 4. The van der Waals surface area contributed by atoms with E-state index in [9.17, 15) is 14.4 Å². The van der Waals surface area contributed by atoms with Gasteiger partial charge in [0, 0.05) is 0 Å². The zero-order valence-electron chi connectivity index (χ0n) is 10.2. The Morgan fingerprint density at radius 2 is 2.22 bits per heavy atom. The number of rotatable bonds is 6. The van der Waals surface area contributed by atoms with Gasteiger partial charge >= 0.3 is 12.1 Å². The standard InChI is InChI=1S/C10H17N5O3/c1-2-3-4-5-10(6-12-15-8(11)17)7(16)13-9(18)14-10/h6H,2-5H2,1H3,(H3,11,15,17)(H2,13,14,16,18). The lowest BCUT2D eigenvalue weighted by molar-refractivity contribution is -0.121. The van der Waals surface area contributed by atoms with E-state index in [2.05, 4.69) is 15.7 Å². The molecule has 1 fully saturated rings. The molecule has 8 nitrogen and oxygen atoms in total. The van der Waals surface area contributed by atoms with Gasteiger partial charge < -0.3 is 11.1 Å². The summed E-state index contributed by atoms with van der Waals surface area (Å²) in [5.74, 6) is -0.473. The van der Waals surface area contributed by atoms with Crippen LogP contribution in [-0.4, -0.2) is 29.7 Å². The highest BCUT2D eigenvalue weighted by Crippen LogP contribution is 2.17. The van der Waals surface area contributed by atoms with Crippen LogP contribution in [0.5, 0.6) is 0 Å². The Balaban J connectivity index is 2.74. The van der Waals surface area contributed by atoms with Crippen LogP contribution in [-0.2, 0) is 4.79 Å². The predicted molar refractivity (Wildman–Crippen MR) is 64.8 cm³/mol. The highest BCUT2D eigenvalue weighted by Gasteiger charge is 2.44. The lowest BCUT2D eigenvalue weighted by Gasteiger charge is -2.20. The Morgan fingerprint density at radius 1 is 1.50 bits per heavy atom. The number of carbonyl (C=O) groups excluding carboxylic acids is 3. The second-order valence-corrected chi connectivity index (χ2v) is 4.07. The summed E-state index contributed by atoms with van der Waals surface area (Å²) in [5, 5.41) is 8.22. The van der Waals surface area contributed by atoms with E-state index in [1.54, 1.807) is 0 Å². The largest absolute Gasteiger partial charge is 0.350 e. The lowest BCUT2D eigenvalue weighted by atomic mass is 9.94. The molecule has 1 aliphatic heterocycles. The Kier molecular flexibility index (Phi) is 4.64. The third-order valence-electron chi connectivity index (χ3n) is 2.60. The van der Waals surface area contributed by atoms with Crippen molar-refractivity contribution in [1.29, 1.82) is 0 Å². The van der Waals surface area contributed by atoms with E-state index in [0.29, 0.717) is 6.42 Å². The van der Waals surface area contributed by atoms with Crippen molar-refractivity contribution in [2.75, 3.05) is 0 Å². The van der Waals surface area contributed by atoms with E-state index in [1.165, 1.54) is 6.21 Å². The van der Waals surface area contributed by atoms with Gasteiger partial charge in [-0.1, -0.05) is 26.2 Å². The fraction of sp³-hybridized carbons (Fsp3) is 0.600. The number of carbonyl (C=O) groups is 3. The van der Waals surface area contributed by atoms with Gasteiger partial charge in [0.2, 0.25) is 0 Å². The van der Waals surface area contributed by atoms with E-state index >= 15 is 0 Å². The van der Waals surface area contributed by atoms with E-state index in [-0.39, 0.29) is 0 Å². The summed E-state index contributed by atoms with van der Waals surface area (Å²) < 4.78 is 0. The number of hydrogen-bond acceptors (Lipinski definition) is 4. The highest BCUT2D eigenvalue weighted by atomic mass is 16.2. The number of hydrazone groups is 1. The van der Waals surface area contributed by atoms with Crippen LogP contribution in [0.25, 0.3) is 0 Å². The number of nitrogens with zero attached hydrogens (tertiary/aromatic N) is 1. The maximum Gasteiger partial charge on any atom is 0.332 e. The molecule has 0 aromatic carbocycles. The predicted octanol–water partition coefficient (Wildman–Crippen LogP) is -0.201. The summed E-state index contributed by atoms with van der Waals surface area (Å²) >= 11 is 0. The highest BCUT2D eigenvalue weighted by molar-refractivity contribution is 6.16. The first-order chi connectivity index (χ1) is 8.50. The van der Waals surface area contributed by atoms with Crippen LogP contribution < -0.4 is 21.8 Å². The number of urea groups is 2. The number of nitrogens with two attached hydrogens (primary N) is 1. The molecule has 0 saturated carbocycles. The molecule has 5 N–H and O–H groups in total. The molecule has 0 aromatic rings. The molecule has 1 atom stereocenters. The molecule has 100 valence electrons. The van der Waals surface area contributed by atoms with Gasteiger partial charge in [-0.2, -0.15) is 5.10 Å². The average molecular weight is 255 g/mol. The molecule has 0 radical (unpaired) electrons. The maximum absolute atomic E-state index is 11.7. The zero-order valence-corrected chi connectivity index (χ0v) is 10.2. The summed E-state index contributed by atoms with van der Waals surface area (Å²) in [7, 11) is 0. The Hall–Kier alpha value is -2.12. The molecule has 0 spiro atoms. The molecule has 1 heterocycles. The summed E-state index contributed by atoms with van der Waals surface area (Å²) in [6, 6.07) is -1.40. The fourth-order valence-electron chi connectivity index (χ4n) is 1.70. The normalized spacial score (nSPS) is 22.9. The van der Waals surface area contributed by atoms with Crippen molar-refractivity contribution < 1.29 is 14.4 Å². The van der Waals surface area contributed by atoms with Crippen LogP contribution in [0, 0.1) is 0 Å². The molecule has 1 rings (SSSR count). The second kappa shape index (κ2) is 5.99. The number of primary amides is 1. The van der Waals surface area contributed by atoms with Crippen molar-refractivity contribution in [3.8, 4) is 0 Å². The Morgan fingerprint density at radius 3 is 2.72 bits per heavy atom. The first-order valence-electron chi connectivity index (χ1n) is 5.73. The molecule has 0 bridgehead atoms. The average Bonchev–Trinajstić information content (AvgIpc) is 2.54. The minimum atomic E-state index is -1.20. The number of nitrogens with one attached hydrogen (secondary N) is 3. The molecular weight excluding hydrogens is 238 g/mol. The zero-order chi connectivity index (χ0) is 13.6. The summed E-state index contributed by atoms with van der Waals surface area (Å²) in [5.41, 5.74) is 5.65. The maximum atomic E-state index is 11.7. The molecule has 8 heteroatoms. The smallest absolute Gasteiger partial charge is 0.332 e. The molecule has 0 aromatic heterocycles. The minimum Gasteiger partial charge on any atom is -0.350 e. The van der Waals surface area contributed by atoms with Crippen LogP contribution in [0.2, 0.25) is 0 Å². The summed E-state index contributed by atoms with van der Waals surface area (Å²) in [6.07, 6.45) is 4.30. The molecule has 18 heavy (non-hydrogen) atoms. The van der Waals surface area contributed by atoms with Gasteiger partial charge in [0.05, 0.1) is 6.21 Å². The second-order valence-electron chi connectivity index (χ2n) is 4.07. The fourth-order valence-corrected chi connectivity index (χ4v) is 1.70. The van der Waals surface area contributed by atoms with Gasteiger partial charge in [-0.3, -0.25) is 10.1 Å². The first kappa shape index (κ1) is 13.9. The van der Waals surface area contributed by atoms with Gasteiger partial charge in [-0.15, -0.1) is 0 Å². The molecule has 5 amide bonds. The number of amides is 5. The Bertz CT molecular complexity index is 382. The van der Waals surface area contributed by atoms with Crippen LogP contribution in [0.15, 0.2) is 5.10 Å². The monoisotopic (exact) mass is 255 g/mol.